The molecular formula is C15H18N2OS. The molecule has 0 aliphatic carbocycles. The van der Waals surface area contributed by atoms with Crippen molar-refractivity contribution in [2.24, 2.45) is 5.73 Å². The van der Waals surface area contributed by atoms with Gasteiger partial charge in [0.2, 0.25) is 0 Å². The molecule has 0 atom stereocenters. The number of hydrogen-bond acceptors (Lipinski definition) is 3. The van der Waals surface area contributed by atoms with E-state index in [1.54, 1.807) is 0 Å². The zero-order chi connectivity index (χ0) is 14.0. The first kappa shape index (κ1) is 13.6. The Kier molecular flexibility index (Phi) is 3.90. The highest BCUT2D eigenvalue weighted by molar-refractivity contribution is 7.80. The Bertz CT molecular complexity index is 604. The average Bonchev–Trinajstić information content (AvgIpc) is 2.74. The number of aryl methyl sites for hydroxylation is 2. The van der Waals surface area contributed by atoms with Crippen molar-refractivity contribution in [3.05, 3.63) is 53.0 Å². The number of nitrogens with zero attached hydrogens (tertiary/aromatic N) is 1. The highest BCUT2D eigenvalue weighted by atomic mass is 32.1. The third kappa shape index (κ3) is 3.15. The minimum atomic E-state index is 0.418. The first-order valence-corrected chi connectivity index (χ1v) is 6.55. The number of thiocarbonyl (C=S) groups is 1. The molecule has 0 spiro atoms. The lowest BCUT2D eigenvalue weighted by Gasteiger charge is -2.21. The normalized spacial score (nSPS) is 10.5. The quantitative estimate of drug-likeness (QED) is 0.870. The Morgan fingerprint density at radius 3 is 2.58 bits per heavy atom. The molecule has 2 aromatic rings. The maximum Gasteiger partial charge on any atom is 0.123 e. The topological polar surface area (TPSA) is 42.4 Å². The van der Waals surface area contributed by atoms with Gasteiger partial charge in [-0.1, -0.05) is 23.8 Å². The van der Waals surface area contributed by atoms with Crippen LogP contribution in [0.5, 0.6) is 0 Å². The summed E-state index contributed by atoms with van der Waals surface area (Å²) >= 11 is 5.12. The number of rotatable bonds is 4. The molecule has 0 saturated heterocycles. The molecule has 0 aliphatic rings. The molecule has 4 heteroatoms. The van der Waals surface area contributed by atoms with Crippen molar-refractivity contribution in [2.75, 3.05) is 11.9 Å². The van der Waals surface area contributed by atoms with Gasteiger partial charge in [-0.05, 0) is 38.1 Å². The fourth-order valence-corrected chi connectivity index (χ4v) is 2.23. The molecule has 0 amide bonds. The van der Waals surface area contributed by atoms with Crippen LogP contribution in [0.25, 0.3) is 0 Å². The van der Waals surface area contributed by atoms with Gasteiger partial charge in [0.25, 0.3) is 0 Å². The van der Waals surface area contributed by atoms with Gasteiger partial charge < -0.3 is 15.1 Å². The largest absolute Gasteiger partial charge is 0.464 e. The van der Waals surface area contributed by atoms with E-state index in [1.807, 2.05) is 45.2 Å². The minimum absolute atomic E-state index is 0.418. The highest BCUT2D eigenvalue weighted by Gasteiger charge is 2.11. The van der Waals surface area contributed by atoms with E-state index < -0.39 is 0 Å². The van der Waals surface area contributed by atoms with Crippen LogP contribution in [0, 0.1) is 13.8 Å². The zero-order valence-electron chi connectivity index (χ0n) is 11.4. The summed E-state index contributed by atoms with van der Waals surface area (Å²) in [7, 11) is 2.00. The molecule has 19 heavy (non-hydrogen) atoms. The molecule has 0 fully saturated rings. The monoisotopic (exact) mass is 274 g/mol. The fourth-order valence-electron chi connectivity index (χ4n) is 2.07. The molecule has 1 heterocycles. The molecule has 3 nitrogen and oxygen atoms in total. The van der Waals surface area contributed by atoms with E-state index in [0.717, 1.165) is 28.3 Å². The van der Waals surface area contributed by atoms with Crippen LogP contribution in [-0.2, 0) is 6.54 Å². The van der Waals surface area contributed by atoms with Gasteiger partial charge in [-0.25, -0.2) is 0 Å². The van der Waals surface area contributed by atoms with Crippen LogP contribution in [0.15, 0.2) is 34.7 Å². The predicted octanol–water partition coefficient (Wildman–Crippen LogP) is 3.17. The number of anilines is 1. The van der Waals surface area contributed by atoms with E-state index in [4.69, 9.17) is 22.4 Å². The van der Waals surface area contributed by atoms with Gasteiger partial charge in [-0.2, -0.15) is 0 Å². The molecule has 2 N–H and O–H groups in total. The van der Waals surface area contributed by atoms with Crippen molar-refractivity contribution >= 4 is 22.9 Å². The molecule has 0 unspecified atom stereocenters. The summed E-state index contributed by atoms with van der Waals surface area (Å²) in [5.74, 6) is 1.84. The third-order valence-corrected chi connectivity index (χ3v) is 3.24. The van der Waals surface area contributed by atoms with Crippen LogP contribution in [-0.4, -0.2) is 12.0 Å². The third-order valence-electron chi connectivity index (χ3n) is 3.02. The van der Waals surface area contributed by atoms with E-state index in [1.165, 1.54) is 0 Å². The fraction of sp³-hybridized carbons (Fsp3) is 0.267. The Morgan fingerprint density at radius 2 is 2.00 bits per heavy atom. The predicted molar refractivity (Wildman–Crippen MR) is 82.6 cm³/mol. The van der Waals surface area contributed by atoms with E-state index in [9.17, 15) is 0 Å². The Balaban J connectivity index is 2.28. The van der Waals surface area contributed by atoms with Crippen molar-refractivity contribution in [3.8, 4) is 0 Å². The Labute approximate surface area is 119 Å². The molecule has 2 rings (SSSR count). The van der Waals surface area contributed by atoms with Crippen LogP contribution in [0.2, 0.25) is 0 Å². The maximum atomic E-state index is 5.80. The summed E-state index contributed by atoms with van der Waals surface area (Å²) in [5, 5.41) is 0. The summed E-state index contributed by atoms with van der Waals surface area (Å²) < 4.78 is 5.59. The van der Waals surface area contributed by atoms with Crippen molar-refractivity contribution < 1.29 is 4.42 Å². The summed E-state index contributed by atoms with van der Waals surface area (Å²) in [5.41, 5.74) is 8.87. The summed E-state index contributed by atoms with van der Waals surface area (Å²) in [6.45, 7) is 4.66. The molecule has 0 bridgehead atoms. The second-order valence-corrected chi connectivity index (χ2v) is 5.19. The standard InChI is InChI=1S/C15H18N2OS/c1-10-4-7-14(13(8-10)15(16)19)17(3)9-12-6-5-11(2)18-12/h4-8H,9H2,1-3H3,(H2,16,19). The van der Waals surface area contributed by atoms with Crippen molar-refractivity contribution in [2.45, 2.75) is 20.4 Å². The van der Waals surface area contributed by atoms with Gasteiger partial charge in [0.1, 0.15) is 16.5 Å². The lowest BCUT2D eigenvalue weighted by molar-refractivity contribution is 0.482. The zero-order valence-corrected chi connectivity index (χ0v) is 12.3. The smallest absolute Gasteiger partial charge is 0.123 e. The molecule has 1 aromatic carbocycles. The minimum Gasteiger partial charge on any atom is -0.464 e. The molecule has 0 saturated carbocycles. The van der Waals surface area contributed by atoms with E-state index >= 15 is 0 Å². The van der Waals surface area contributed by atoms with E-state index in [0.29, 0.717) is 11.5 Å². The number of benzene rings is 1. The summed E-state index contributed by atoms with van der Waals surface area (Å²) in [6.07, 6.45) is 0. The first-order chi connectivity index (χ1) is 8.97. The van der Waals surface area contributed by atoms with Gasteiger partial charge in [0, 0.05) is 18.3 Å². The maximum absolute atomic E-state index is 5.80. The molecular weight excluding hydrogens is 256 g/mol. The molecule has 0 radical (unpaired) electrons. The first-order valence-electron chi connectivity index (χ1n) is 6.14. The van der Waals surface area contributed by atoms with Crippen LogP contribution in [0.1, 0.15) is 22.6 Å². The van der Waals surface area contributed by atoms with Crippen LogP contribution < -0.4 is 10.6 Å². The number of furan rings is 1. The lowest BCUT2D eigenvalue weighted by atomic mass is 10.1. The molecule has 100 valence electrons. The van der Waals surface area contributed by atoms with Gasteiger partial charge in [-0.15, -0.1) is 0 Å². The Hall–Kier alpha value is -1.81. The second-order valence-electron chi connectivity index (χ2n) is 4.75. The van der Waals surface area contributed by atoms with Crippen LogP contribution in [0.4, 0.5) is 5.69 Å². The Morgan fingerprint density at radius 1 is 1.26 bits per heavy atom. The van der Waals surface area contributed by atoms with Crippen LogP contribution in [0.3, 0.4) is 0 Å². The lowest BCUT2D eigenvalue weighted by Crippen LogP contribution is -2.21. The number of hydrogen-bond donors (Lipinski definition) is 1. The van der Waals surface area contributed by atoms with Crippen molar-refractivity contribution in [1.82, 2.24) is 0 Å². The van der Waals surface area contributed by atoms with Gasteiger partial charge in [0.05, 0.1) is 6.54 Å². The van der Waals surface area contributed by atoms with E-state index in [2.05, 4.69) is 11.0 Å². The van der Waals surface area contributed by atoms with Crippen LogP contribution >= 0.6 is 12.2 Å². The molecule has 1 aromatic heterocycles. The van der Waals surface area contributed by atoms with Gasteiger partial charge in [0.15, 0.2) is 0 Å². The van der Waals surface area contributed by atoms with Gasteiger partial charge >= 0.3 is 0 Å². The van der Waals surface area contributed by atoms with Crippen molar-refractivity contribution in [3.63, 3.8) is 0 Å². The number of nitrogens with two attached hydrogens (primary N) is 1. The SMILES string of the molecule is Cc1ccc(N(C)Cc2ccc(C)o2)c(C(N)=S)c1. The summed E-state index contributed by atoms with van der Waals surface area (Å²) in [4.78, 5) is 2.51. The van der Waals surface area contributed by atoms with Gasteiger partial charge in [-0.3, -0.25) is 0 Å². The second kappa shape index (κ2) is 5.45. The average molecular weight is 274 g/mol. The van der Waals surface area contributed by atoms with E-state index in [-0.39, 0.29) is 0 Å². The molecule has 0 aliphatic heterocycles. The summed E-state index contributed by atoms with van der Waals surface area (Å²) in [6, 6.07) is 10.1. The highest BCUT2D eigenvalue weighted by Crippen LogP contribution is 2.23. The van der Waals surface area contributed by atoms with Crippen molar-refractivity contribution in [1.29, 1.82) is 0 Å².